The minimum absolute atomic E-state index is 0.00724. The molecule has 0 N–H and O–H groups in total. The fraction of sp³-hybridized carbons (Fsp3) is 0.316. The molecule has 1 aliphatic rings. The van der Waals surface area contributed by atoms with Crippen molar-refractivity contribution >= 4 is 5.91 Å². The molecule has 1 aliphatic heterocycles. The van der Waals surface area contributed by atoms with Gasteiger partial charge in [-0.05, 0) is 30.3 Å². The summed E-state index contributed by atoms with van der Waals surface area (Å²) in [6, 6.07) is 11.7. The van der Waals surface area contributed by atoms with Crippen LogP contribution in [-0.4, -0.2) is 43.3 Å². The van der Waals surface area contributed by atoms with Gasteiger partial charge in [0.1, 0.15) is 5.69 Å². The molecule has 134 valence electrons. The minimum atomic E-state index is -0.00724. The van der Waals surface area contributed by atoms with Crippen LogP contribution in [0.2, 0.25) is 0 Å². The maximum absolute atomic E-state index is 12.9. The van der Waals surface area contributed by atoms with Crippen LogP contribution < -0.4 is 0 Å². The first-order valence-corrected chi connectivity index (χ1v) is 8.63. The monoisotopic (exact) mass is 351 g/mol. The average Bonchev–Trinajstić information content (AvgIpc) is 3.30. The van der Waals surface area contributed by atoms with E-state index in [1.165, 1.54) is 0 Å². The van der Waals surface area contributed by atoms with E-state index in [-0.39, 0.29) is 11.9 Å². The van der Waals surface area contributed by atoms with Crippen molar-refractivity contribution in [1.29, 1.82) is 0 Å². The van der Waals surface area contributed by atoms with E-state index in [0.29, 0.717) is 32.0 Å². The third kappa shape index (κ3) is 3.25. The molecule has 0 saturated carbocycles. The first kappa shape index (κ1) is 16.5. The van der Waals surface area contributed by atoms with Gasteiger partial charge >= 0.3 is 0 Å². The standard InChI is InChI=1S/C19H21N5O2/c1-22-18(7-9-21-22)19(25)23-11-16-6-4-10-24(16)17(12-23)14-26-13-15-5-2-3-8-20-15/h2-10,17H,11-14H2,1H3. The average molecular weight is 351 g/mol. The van der Waals surface area contributed by atoms with Gasteiger partial charge in [-0.3, -0.25) is 14.5 Å². The van der Waals surface area contributed by atoms with Gasteiger partial charge in [0.25, 0.3) is 5.91 Å². The summed E-state index contributed by atoms with van der Waals surface area (Å²) in [7, 11) is 1.79. The number of ether oxygens (including phenoxy) is 1. The molecule has 0 radical (unpaired) electrons. The summed E-state index contributed by atoms with van der Waals surface area (Å²) >= 11 is 0. The van der Waals surface area contributed by atoms with Crippen LogP contribution in [0.4, 0.5) is 0 Å². The normalized spacial score (nSPS) is 16.5. The molecule has 1 unspecified atom stereocenters. The van der Waals surface area contributed by atoms with Crippen molar-refractivity contribution in [3.05, 3.63) is 72.1 Å². The number of rotatable bonds is 5. The number of hydrogen-bond donors (Lipinski definition) is 0. The van der Waals surface area contributed by atoms with Crippen molar-refractivity contribution in [3.63, 3.8) is 0 Å². The van der Waals surface area contributed by atoms with E-state index in [4.69, 9.17) is 4.74 Å². The van der Waals surface area contributed by atoms with Crippen LogP contribution in [0.1, 0.15) is 27.9 Å². The van der Waals surface area contributed by atoms with Crippen LogP contribution in [0.3, 0.4) is 0 Å². The van der Waals surface area contributed by atoms with Crippen molar-refractivity contribution in [1.82, 2.24) is 24.2 Å². The van der Waals surface area contributed by atoms with E-state index in [0.717, 1.165) is 11.4 Å². The number of aromatic nitrogens is 4. The lowest BCUT2D eigenvalue weighted by atomic mass is 10.2. The molecule has 0 spiro atoms. The molecule has 0 aliphatic carbocycles. The number of pyridine rings is 1. The zero-order valence-electron chi connectivity index (χ0n) is 14.7. The van der Waals surface area contributed by atoms with Crippen molar-refractivity contribution in [2.45, 2.75) is 19.2 Å². The number of aryl methyl sites for hydroxylation is 1. The molecule has 4 rings (SSSR count). The quantitative estimate of drug-likeness (QED) is 0.705. The Kier molecular flexibility index (Phi) is 4.53. The van der Waals surface area contributed by atoms with Crippen LogP contribution in [0.25, 0.3) is 0 Å². The second kappa shape index (κ2) is 7.13. The van der Waals surface area contributed by atoms with Gasteiger partial charge in [-0.1, -0.05) is 6.07 Å². The molecule has 7 heteroatoms. The molecule has 4 heterocycles. The van der Waals surface area contributed by atoms with E-state index >= 15 is 0 Å². The SMILES string of the molecule is Cn1nccc1C(=O)N1Cc2cccn2C(COCc2ccccn2)C1. The molecule has 3 aromatic rings. The van der Waals surface area contributed by atoms with Crippen molar-refractivity contribution < 1.29 is 9.53 Å². The lowest BCUT2D eigenvalue weighted by Crippen LogP contribution is -2.42. The molecule has 0 bridgehead atoms. The summed E-state index contributed by atoms with van der Waals surface area (Å²) < 4.78 is 9.70. The molecular formula is C19H21N5O2. The Balaban J connectivity index is 1.46. The van der Waals surface area contributed by atoms with Gasteiger partial charge in [0, 0.05) is 37.9 Å². The van der Waals surface area contributed by atoms with Gasteiger partial charge in [0.05, 0.1) is 31.5 Å². The number of carbonyl (C=O) groups is 1. The van der Waals surface area contributed by atoms with Crippen LogP contribution in [0.5, 0.6) is 0 Å². The van der Waals surface area contributed by atoms with Gasteiger partial charge in [-0.25, -0.2) is 0 Å². The zero-order chi connectivity index (χ0) is 17.9. The van der Waals surface area contributed by atoms with E-state index < -0.39 is 0 Å². The maximum Gasteiger partial charge on any atom is 0.272 e. The minimum Gasteiger partial charge on any atom is -0.373 e. The Morgan fingerprint density at radius 3 is 2.92 bits per heavy atom. The first-order valence-electron chi connectivity index (χ1n) is 8.63. The van der Waals surface area contributed by atoms with Gasteiger partial charge < -0.3 is 14.2 Å². The van der Waals surface area contributed by atoms with Gasteiger partial charge in [0.15, 0.2) is 0 Å². The number of amides is 1. The summed E-state index contributed by atoms with van der Waals surface area (Å²) in [6.45, 7) is 2.18. The Bertz CT molecular complexity index is 886. The summed E-state index contributed by atoms with van der Waals surface area (Å²) in [5.74, 6) is -0.00724. The van der Waals surface area contributed by atoms with E-state index in [1.807, 2.05) is 29.2 Å². The molecule has 3 aromatic heterocycles. The Labute approximate surface area is 151 Å². The molecule has 0 aromatic carbocycles. The van der Waals surface area contributed by atoms with Crippen LogP contribution in [0, 0.1) is 0 Å². The summed E-state index contributed by atoms with van der Waals surface area (Å²) in [4.78, 5) is 19.0. The van der Waals surface area contributed by atoms with E-state index in [1.54, 1.807) is 30.2 Å². The third-order valence-electron chi connectivity index (χ3n) is 4.66. The van der Waals surface area contributed by atoms with Gasteiger partial charge in [-0.15, -0.1) is 0 Å². The predicted octanol–water partition coefficient (Wildman–Crippen LogP) is 2.03. The lowest BCUT2D eigenvalue weighted by molar-refractivity contribution is 0.0467. The van der Waals surface area contributed by atoms with Crippen molar-refractivity contribution in [2.75, 3.05) is 13.2 Å². The molecule has 1 atom stereocenters. The van der Waals surface area contributed by atoms with Gasteiger partial charge in [-0.2, -0.15) is 5.10 Å². The molecule has 0 saturated heterocycles. The van der Waals surface area contributed by atoms with E-state index in [9.17, 15) is 4.79 Å². The summed E-state index contributed by atoms with van der Waals surface area (Å²) in [5, 5.41) is 4.10. The highest BCUT2D eigenvalue weighted by atomic mass is 16.5. The van der Waals surface area contributed by atoms with Gasteiger partial charge in [0.2, 0.25) is 0 Å². The fourth-order valence-electron chi connectivity index (χ4n) is 3.34. The molecular weight excluding hydrogens is 330 g/mol. The largest absolute Gasteiger partial charge is 0.373 e. The van der Waals surface area contributed by atoms with Crippen molar-refractivity contribution in [2.24, 2.45) is 7.05 Å². The second-order valence-corrected chi connectivity index (χ2v) is 6.42. The Morgan fingerprint density at radius 2 is 2.15 bits per heavy atom. The maximum atomic E-state index is 12.9. The second-order valence-electron chi connectivity index (χ2n) is 6.42. The fourth-order valence-corrected chi connectivity index (χ4v) is 3.34. The summed E-state index contributed by atoms with van der Waals surface area (Å²) in [6.07, 6.45) is 5.46. The topological polar surface area (TPSA) is 65.2 Å². The highest BCUT2D eigenvalue weighted by Gasteiger charge is 2.29. The first-order chi connectivity index (χ1) is 12.7. The Morgan fingerprint density at radius 1 is 1.23 bits per heavy atom. The number of hydrogen-bond acceptors (Lipinski definition) is 4. The van der Waals surface area contributed by atoms with Crippen LogP contribution in [0.15, 0.2) is 55.0 Å². The molecule has 1 amide bonds. The van der Waals surface area contributed by atoms with Crippen molar-refractivity contribution in [3.8, 4) is 0 Å². The summed E-state index contributed by atoms with van der Waals surface area (Å²) in [5.41, 5.74) is 2.61. The number of carbonyl (C=O) groups excluding carboxylic acids is 1. The molecule has 7 nitrogen and oxygen atoms in total. The van der Waals surface area contributed by atoms with Crippen LogP contribution >= 0.6 is 0 Å². The van der Waals surface area contributed by atoms with Crippen LogP contribution in [-0.2, 0) is 24.9 Å². The molecule has 26 heavy (non-hydrogen) atoms. The smallest absolute Gasteiger partial charge is 0.272 e. The highest BCUT2D eigenvalue weighted by Crippen LogP contribution is 2.24. The molecule has 0 fully saturated rings. The number of nitrogens with zero attached hydrogens (tertiary/aromatic N) is 5. The number of fused-ring (bicyclic) bond motifs is 1. The van der Waals surface area contributed by atoms with E-state index in [2.05, 4.69) is 26.9 Å². The zero-order valence-corrected chi connectivity index (χ0v) is 14.7. The predicted molar refractivity (Wildman–Crippen MR) is 95.3 cm³/mol. The third-order valence-corrected chi connectivity index (χ3v) is 4.66. The lowest BCUT2D eigenvalue weighted by Gasteiger charge is -2.35. The Hall–Kier alpha value is -2.93. The highest BCUT2D eigenvalue weighted by molar-refractivity contribution is 5.92.